The molecule has 0 N–H and O–H groups in total. The van der Waals surface area contributed by atoms with E-state index in [0.29, 0.717) is 52.9 Å². The van der Waals surface area contributed by atoms with Gasteiger partial charge in [0.15, 0.2) is 23.0 Å². The van der Waals surface area contributed by atoms with Crippen LogP contribution >= 0.6 is 0 Å². The Morgan fingerprint density at radius 2 is 1.63 bits per heavy atom. The molecule has 30 heavy (non-hydrogen) atoms. The summed E-state index contributed by atoms with van der Waals surface area (Å²) in [4.78, 5) is 0. The lowest BCUT2D eigenvalue weighted by Crippen LogP contribution is -2.18. The Kier molecular flexibility index (Phi) is 4.58. The standard InChI is InChI=1S/C23H26O7/c1-11-13-6-12-7-15(24-2)20(25-3)22(26-4)17(12)18-14(19(11)28-9-13)8-16-21(23(18)27-5)30-10-29-16/h7-8,11,13,19H,6,9-10H2,1-5H3. The van der Waals surface area contributed by atoms with Gasteiger partial charge in [-0.1, -0.05) is 6.92 Å². The van der Waals surface area contributed by atoms with Crippen LogP contribution in [0.1, 0.15) is 24.2 Å². The van der Waals surface area contributed by atoms with Crippen molar-refractivity contribution in [3.63, 3.8) is 0 Å². The molecule has 0 saturated carbocycles. The summed E-state index contributed by atoms with van der Waals surface area (Å²) < 4.78 is 40.9. The van der Waals surface area contributed by atoms with E-state index in [2.05, 4.69) is 6.92 Å². The summed E-state index contributed by atoms with van der Waals surface area (Å²) in [5.74, 6) is 4.40. The third-order valence-corrected chi connectivity index (χ3v) is 6.52. The highest BCUT2D eigenvalue weighted by molar-refractivity contribution is 5.89. The second-order valence-corrected chi connectivity index (χ2v) is 7.86. The molecule has 0 aromatic heterocycles. The van der Waals surface area contributed by atoms with Gasteiger partial charge in [-0.15, -0.1) is 0 Å². The maximum absolute atomic E-state index is 6.30. The summed E-state index contributed by atoms with van der Waals surface area (Å²) in [5.41, 5.74) is 3.93. The maximum Gasteiger partial charge on any atom is 0.231 e. The molecule has 160 valence electrons. The van der Waals surface area contributed by atoms with Crippen molar-refractivity contribution < 1.29 is 33.2 Å². The maximum atomic E-state index is 6.30. The minimum atomic E-state index is -0.0700. The van der Waals surface area contributed by atoms with Crippen LogP contribution in [0.3, 0.4) is 0 Å². The molecule has 1 saturated heterocycles. The Balaban J connectivity index is 1.92. The summed E-state index contributed by atoms with van der Waals surface area (Å²) in [6.07, 6.45) is 0.764. The van der Waals surface area contributed by atoms with Gasteiger partial charge in [0.2, 0.25) is 18.3 Å². The van der Waals surface area contributed by atoms with Gasteiger partial charge >= 0.3 is 0 Å². The van der Waals surface area contributed by atoms with Crippen LogP contribution in [0, 0.1) is 11.8 Å². The highest BCUT2D eigenvalue weighted by Crippen LogP contribution is 2.59. The zero-order chi connectivity index (χ0) is 21.0. The molecular weight excluding hydrogens is 388 g/mol. The Bertz CT molecular complexity index is 1000. The Labute approximate surface area is 175 Å². The first-order chi connectivity index (χ1) is 14.6. The molecule has 3 atom stereocenters. The number of fused-ring (bicyclic) bond motifs is 7. The first-order valence-corrected chi connectivity index (χ1v) is 10.1. The lowest BCUT2D eigenvalue weighted by atomic mass is 9.77. The third-order valence-electron chi connectivity index (χ3n) is 6.52. The summed E-state index contributed by atoms with van der Waals surface area (Å²) in [7, 11) is 6.53. The SMILES string of the molecule is COc1cc2c(c(OC)c1OC)-c1c(cc3c(c1OC)OCO3)C1OCC(C2)C1C. The Morgan fingerprint density at radius 3 is 2.33 bits per heavy atom. The van der Waals surface area contributed by atoms with E-state index in [0.717, 1.165) is 28.7 Å². The van der Waals surface area contributed by atoms with E-state index in [1.807, 2.05) is 12.1 Å². The molecule has 2 aromatic carbocycles. The Morgan fingerprint density at radius 1 is 0.867 bits per heavy atom. The summed E-state index contributed by atoms with van der Waals surface area (Å²) >= 11 is 0. The molecule has 3 aliphatic rings. The second kappa shape index (κ2) is 7.16. The van der Waals surface area contributed by atoms with Crippen molar-refractivity contribution in [3.05, 3.63) is 23.3 Å². The van der Waals surface area contributed by atoms with Crippen molar-refractivity contribution in [2.45, 2.75) is 19.4 Å². The zero-order valence-electron chi connectivity index (χ0n) is 17.9. The van der Waals surface area contributed by atoms with E-state index >= 15 is 0 Å². The molecule has 0 amide bonds. The average Bonchev–Trinajstić information content (AvgIpc) is 3.38. The van der Waals surface area contributed by atoms with Crippen molar-refractivity contribution in [1.29, 1.82) is 0 Å². The molecule has 1 fully saturated rings. The van der Waals surface area contributed by atoms with Crippen molar-refractivity contribution in [2.24, 2.45) is 11.8 Å². The highest BCUT2D eigenvalue weighted by atomic mass is 16.7. The van der Waals surface area contributed by atoms with Crippen molar-refractivity contribution in [1.82, 2.24) is 0 Å². The minimum Gasteiger partial charge on any atom is -0.493 e. The van der Waals surface area contributed by atoms with Gasteiger partial charge in [0.05, 0.1) is 41.2 Å². The quantitative estimate of drug-likeness (QED) is 0.749. The van der Waals surface area contributed by atoms with Gasteiger partial charge in [-0.25, -0.2) is 0 Å². The van der Waals surface area contributed by atoms with Gasteiger partial charge < -0.3 is 33.2 Å². The van der Waals surface area contributed by atoms with Crippen LogP contribution in [-0.2, 0) is 11.2 Å². The normalized spacial score (nSPS) is 23.2. The van der Waals surface area contributed by atoms with Crippen molar-refractivity contribution >= 4 is 0 Å². The number of ether oxygens (including phenoxy) is 7. The predicted octanol–water partition coefficient (Wildman–Crippen LogP) is 4.00. The summed E-state index contributed by atoms with van der Waals surface area (Å²) in [6, 6.07) is 4.06. The molecule has 0 spiro atoms. The van der Waals surface area contributed by atoms with E-state index in [1.165, 1.54) is 0 Å². The first-order valence-electron chi connectivity index (χ1n) is 10.1. The fraction of sp³-hybridized carbons (Fsp3) is 0.478. The topological polar surface area (TPSA) is 64.6 Å². The molecule has 3 unspecified atom stereocenters. The van der Waals surface area contributed by atoms with Gasteiger partial charge in [0.25, 0.3) is 0 Å². The van der Waals surface area contributed by atoms with Gasteiger partial charge in [-0.2, -0.15) is 0 Å². The van der Waals surface area contributed by atoms with Gasteiger partial charge in [-0.3, -0.25) is 0 Å². The lowest BCUT2D eigenvalue weighted by molar-refractivity contribution is 0.0937. The number of hydrogen-bond acceptors (Lipinski definition) is 7. The van der Waals surface area contributed by atoms with E-state index < -0.39 is 0 Å². The van der Waals surface area contributed by atoms with Crippen LogP contribution in [0.2, 0.25) is 0 Å². The summed E-state index contributed by atoms with van der Waals surface area (Å²) in [5, 5.41) is 0. The van der Waals surface area contributed by atoms with Gasteiger partial charge in [0.1, 0.15) is 0 Å². The molecule has 5 rings (SSSR count). The molecule has 7 heteroatoms. The van der Waals surface area contributed by atoms with E-state index in [-0.39, 0.29) is 12.9 Å². The molecule has 2 aliphatic heterocycles. The van der Waals surface area contributed by atoms with Crippen LogP contribution in [0.5, 0.6) is 34.5 Å². The zero-order valence-corrected chi connectivity index (χ0v) is 17.9. The van der Waals surface area contributed by atoms with Crippen LogP contribution in [-0.4, -0.2) is 41.8 Å². The van der Waals surface area contributed by atoms with Crippen LogP contribution in [0.4, 0.5) is 0 Å². The Hall–Kier alpha value is -2.80. The lowest BCUT2D eigenvalue weighted by Gasteiger charge is -2.29. The first kappa shape index (κ1) is 19.2. The van der Waals surface area contributed by atoms with Crippen molar-refractivity contribution in [3.8, 4) is 45.6 Å². The predicted molar refractivity (Wildman–Crippen MR) is 109 cm³/mol. The second-order valence-electron chi connectivity index (χ2n) is 7.86. The van der Waals surface area contributed by atoms with E-state index in [4.69, 9.17) is 33.2 Å². The van der Waals surface area contributed by atoms with Crippen molar-refractivity contribution in [2.75, 3.05) is 41.8 Å². The minimum absolute atomic E-state index is 0.0700. The number of methoxy groups -OCH3 is 4. The summed E-state index contributed by atoms with van der Waals surface area (Å²) in [6.45, 7) is 3.10. The van der Waals surface area contributed by atoms with E-state index in [1.54, 1.807) is 28.4 Å². The van der Waals surface area contributed by atoms with Crippen LogP contribution in [0.15, 0.2) is 12.1 Å². The number of hydrogen-bond donors (Lipinski definition) is 0. The molecule has 0 radical (unpaired) electrons. The molecule has 7 nitrogen and oxygen atoms in total. The molecule has 2 bridgehead atoms. The monoisotopic (exact) mass is 414 g/mol. The average molecular weight is 414 g/mol. The molecule has 1 aliphatic carbocycles. The van der Waals surface area contributed by atoms with Crippen LogP contribution < -0.4 is 28.4 Å². The largest absolute Gasteiger partial charge is 0.493 e. The fourth-order valence-electron chi connectivity index (χ4n) is 5.03. The van der Waals surface area contributed by atoms with Crippen LogP contribution in [0.25, 0.3) is 11.1 Å². The smallest absolute Gasteiger partial charge is 0.231 e. The number of rotatable bonds is 4. The van der Waals surface area contributed by atoms with E-state index in [9.17, 15) is 0 Å². The van der Waals surface area contributed by atoms with Gasteiger partial charge in [-0.05, 0) is 41.5 Å². The fourth-order valence-corrected chi connectivity index (χ4v) is 5.03. The molecular formula is C23H26O7. The van der Waals surface area contributed by atoms with Gasteiger partial charge in [0, 0.05) is 11.1 Å². The molecule has 2 aromatic rings. The number of benzene rings is 2. The third kappa shape index (κ3) is 2.54. The highest BCUT2D eigenvalue weighted by Gasteiger charge is 2.43. The molecule has 2 heterocycles.